The van der Waals surface area contributed by atoms with Crippen molar-refractivity contribution in [2.24, 2.45) is 57.2 Å². The van der Waals surface area contributed by atoms with Gasteiger partial charge in [-0.2, -0.15) is 0 Å². The number of carboxylic acids is 2. The van der Waals surface area contributed by atoms with Gasteiger partial charge < -0.3 is 19.8 Å². The number of hydrogen-bond acceptors (Lipinski definition) is 4. The molecule has 0 bridgehead atoms. The van der Waals surface area contributed by atoms with E-state index in [0.717, 1.165) is 51.4 Å². The van der Waals surface area contributed by atoms with Crippen LogP contribution in [-0.2, 0) is 26.1 Å². The Morgan fingerprint density at radius 2 is 1.02 bits per heavy atom. The SMILES string of the molecule is CC(C)C1=CC2=CC[C@@H]3[C@](C)(CCC[C@@]3(C)C(=O)[O-])[C@H]2CC1.CC(C)C1=CC2=CC[C@@H]3[C@](C)(CCC[C@@]3(C)C(=O)[O-])[C@H]2CC1.[Ni+2]. The Morgan fingerprint density at radius 3 is 1.33 bits per heavy atom. The molecule has 0 radical (unpaired) electrons. The van der Waals surface area contributed by atoms with E-state index in [1.165, 1.54) is 36.8 Å². The topological polar surface area (TPSA) is 80.3 Å². The second kappa shape index (κ2) is 13.1. The fourth-order valence-corrected chi connectivity index (χ4v) is 11.2. The van der Waals surface area contributed by atoms with Crippen molar-refractivity contribution in [2.75, 3.05) is 0 Å². The molecule has 0 N–H and O–H groups in total. The maximum absolute atomic E-state index is 11.8. The third kappa shape index (κ3) is 6.11. The normalized spacial score (nSPS) is 40.4. The standard InChI is InChI=1S/2C20H30O2.Ni/c2*1-13(2)14-6-8-16-15(12-14)7-9-17-19(16,3)10-5-11-20(17,4)18(21)22;/h2*7,12-13,16-17H,5-6,8-11H2,1-4H3,(H,21,22);/q;;+2/p-2/t2*16-,17+,19+,20+;/m00./s1. The first-order valence-corrected chi connectivity index (χ1v) is 17.8. The first kappa shape index (κ1) is 36.2. The molecule has 2 saturated carbocycles. The van der Waals surface area contributed by atoms with Gasteiger partial charge in [0.1, 0.15) is 0 Å². The average molecular weight is 662 g/mol. The molecule has 0 unspecified atom stereocenters. The molecule has 252 valence electrons. The number of allylic oxidation sites excluding steroid dienone is 8. The van der Waals surface area contributed by atoms with Gasteiger partial charge in [0.25, 0.3) is 0 Å². The average Bonchev–Trinajstić information content (AvgIpc) is 2.96. The molecule has 4 nitrogen and oxygen atoms in total. The van der Waals surface area contributed by atoms with Crippen LogP contribution in [0.4, 0.5) is 0 Å². The van der Waals surface area contributed by atoms with E-state index < -0.39 is 22.8 Å². The van der Waals surface area contributed by atoms with Gasteiger partial charge in [0.05, 0.1) is 0 Å². The molecular weight excluding hydrogens is 603 g/mol. The van der Waals surface area contributed by atoms with Crippen molar-refractivity contribution in [2.45, 2.75) is 132 Å². The Morgan fingerprint density at radius 1 is 0.667 bits per heavy atom. The maximum Gasteiger partial charge on any atom is 2.00 e. The summed E-state index contributed by atoms with van der Waals surface area (Å²) in [6, 6.07) is 0. The van der Waals surface area contributed by atoms with Crippen LogP contribution in [0.2, 0.25) is 0 Å². The van der Waals surface area contributed by atoms with Gasteiger partial charge in [-0.15, -0.1) is 0 Å². The third-order valence-electron chi connectivity index (χ3n) is 14.1. The summed E-state index contributed by atoms with van der Waals surface area (Å²) in [5, 5.41) is 23.7. The van der Waals surface area contributed by atoms with E-state index in [1.807, 2.05) is 13.8 Å². The van der Waals surface area contributed by atoms with Gasteiger partial charge >= 0.3 is 16.5 Å². The van der Waals surface area contributed by atoms with Crippen LogP contribution in [0, 0.1) is 57.2 Å². The second-order valence-electron chi connectivity index (χ2n) is 17.0. The molecule has 2 fully saturated rings. The quantitative estimate of drug-likeness (QED) is 0.289. The first-order chi connectivity index (χ1) is 20.6. The fraction of sp³-hybridized carbons (Fsp3) is 0.750. The van der Waals surface area contributed by atoms with Crippen LogP contribution in [0.5, 0.6) is 0 Å². The summed E-state index contributed by atoms with van der Waals surface area (Å²) in [5.74, 6) is 1.08. The van der Waals surface area contributed by atoms with Crippen LogP contribution in [0.15, 0.2) is 46.6 Å². The number of aliphatic carboxylic acids is 2. The van der Waals surface area contributed by atoms with Crippen molar-refractivity contribution >= 4 is 11.9 Å². The second-order valence-corrected chi connectivity index (χ2v) is 17.0. The molecule has 0 spiro atoms. The molecule has 8 atom stereocenters. The third-order valence-corrected chi connectivity index (χ3v) is 14.1. The molecule has 5 heteroatoms. The first-order valence-electron chi connectivity index (χ1n) is 17.8. The van der Waals surface area contributed by atoms with Gasteiger partial charge in [-0.3, -0.25) is 0 Å². The van der Waals surface area contributed by atoms with Gasteiger partial charge in [-0.25, -0.2) is 0 Å². The molecule has 0 aromatic carbocycles. The summed E-state index contributed by atoms with van der Waals surface area (Å²) in [4.78, 5) is 23.7. The Kier molecular flexibility index (Phi) is 10.6. The minimum Gasteiger partial charge on any atom is -0.550 e. The zero-order chi connectivity index (χ0) is 32.2. The fourth-order valence-electron chi connectivity index (χ4n) is 11.2. The van der Waals surface area contributed by atoms with Gasteiger partial charge in [-0.05, 0) is 122 Å². The van der Waals surface area contributed by atoms with Crippen molar-refractivity contribution in [3.8, 4) is 0 Å². The van der Waals surface area contributed by atoms with Crippen molar-refractivity contribution < 1.29 is 36.3 Å². The van der Waals surface area contributed by atoms with Crippen LogP contribution in [0.25, 0.3) is 0 Å². The summed E-state index contributed by atoms with van der Waals surface area (Å²) in [7, 11) is 0. The zero-order valence-electron chi connectivity index (χ0n) is 29.2. The van der Waals surface area contributed by atoms with Crippen molar-refractivity contribution in [3.63, 3.8) is 0 Å². The number of rotatable bonds is 4. The maximum atomic E-state index is 11.8. The molecule has 0 heterocycles. The summed E-state index contributed by atoms with van der Waals surface area (Å²) in [6.45, 7) is 17.7. The summed E-state index contributed by atoms with van der Waals surface area (Å²) >= 11 is 0. The van der Waals surface area contributed by atoms with Gasteiger partial charge in [0, 0.05) is 22.8 Å². The molecule has 0 aliphatic heterocycles. The number of hydrogen-bond donors (Lipinski definition) is 0. The van der Waals surface area contributed by atoms with Crippen LogP contribution in [0.3, 0.4) is 0 Å². The van der Waals surface area contributed by atoms with Crippen LogP contribution < -0.4 is 10.2 Å². The van der Waals surface area contributed by atoms with E-state index in [1.54, 1.807) is 11.1 Å². The molecule has 6 rings (SSSR count). The van der Waals surface area contributed by atoms with Gasteiger partial charge in [-0.1, -0.05) is 104 Å². The molecule has 6 aliphatic rings. The van der Waals surface area contributed by atoms with E-state index in [2.05, 4.69) is 65.8 Å². The molecular formula is C40H58NiO4. The Labute approximate surface area is 283 Å². The summed E-state index contributed by atoms with van der Waals surface area (Å²) in [6.07, 6.45) is 21.9. The smallest absolute Gasteiger partial charge is 0.550 e. The molecule has 0 amide bonds. The van der Waals surface area contributed by atoms with E-state index in [0.29, 0.717) is 23.7 Å². The number of fused-ring (bicyclic) bond motifs is 6. The Hall–Kier alpha value is -1.61. The summed E-state index contributed by atoms with van der Waals surface area (Å²) in [5.41, 5.74) is 5.01. The number of carbonyl (C=O) groups excluding carboxylic acids is 2. The predicted molar refractivity (Wildman–Crippen MR) is 174 cm³/mol. The molecule has 6 aliphatic carbocycles. The molecule has 0 saturated heterocycles. The van der Waals surface area contributed by atoms with Gasteiger partial charge in [0.15, 0.2) is 0 Å². The van der Waals surface area contributed by atoms with Gasteiger partial charge in [0.2, 0.25) is 0 Å². The summed E-state index contributed by atoms with van der Waals surface area (Å²) < 4.78 is 0. The van der Waals surface area contributed by atoms with E-state index in [-0.39, 0.29) is 39.2 Å². The predicted octanol–water partition coefficient (Wildman–Crippen LogP) is 7.74. The molecule has 0 aromatic rings. The minimum atomic E-state index is -0.838. The van der Waals surface area contributed by atoms with Crippen molar-refractivity contribution in [1.29, 1.82) is 0 Å². The van der Waals surface area contributed by atoms with Crippen molar-refractivity contribution in [1.82, 2.24) is 0 Å². The van der Waals surface area contributed by atoms with E-state index in [9.17, 15) is 19.8 Å². The van der Waals surface area contributed by atoms with E-state index in [4.69, 9.17) is 0 Å². The zero-order valence-corrected chi connectivity index (χ0v) is 30.2. The Bertz CT molecular complexity index is 1190. The molecule has 0 aromatic heterocycles. The largest absolute Gasteiger partial charge is 2.00 e. The monoisotopic (exact) mass is 660 g/mol. The van der Waals surface area contributed by atoms with Crippen molar-refractivity contribution in [3.05, 3.63) is 46.6 Å². The van der Waals surface area contributed by atoms with Crippen LogP contribution in [0.1, 0.15) is 132 Å². The molecule has 45 heavy (non-hydrogen) atoms. The minimum absolute atomic E-state index is 0. The van der Waals surface area contributed by atoms with Crippen LogP contribution >= 0.6 is 0 Å². The van der Waals surface area contributed by atoms with Crippen LogP contribution in [-0.4, -0.2) is 11.9 Å². The van der Waals surface area contributed by atoms with E-state index >= 15 is 0 Å². The number of carboxylic acid groups (broad SMARTS) is 2. The Balaban J connectivity index is 0.000000200. The number of carbonyl (C=O) groups is 2.